The van der Waals surface area contributed by atoms with Gasteiger partial charge >= 0.3 is 0 Å². The molecule has 1 atom stereocenters. The molecule has 25 heavy (non-hydrogen) atoms. The number of rotatable bonds is 4. The number of thioether (sulfide) groups is 1. The summed E-state index contributed by atoms with van der Waals surface area (Å²) in [4.78, 5) is 12.7. The van der Waals surface area contributed by atoms with Gasteiger partial charge in [-0.2, -0.15) is 0 Å². The van der Waals surface area contributed by atoms with Crippen LogP contribution >= 0.6 is 23.4 Å². The minimum absolute atomic E-state index is 0.0497. The van der Waals surface area contributed by atoms with Gasteiger partial charge in [0.1, 0.15) is 5.75 Å². The molecule has 0 aromatic heterocycles. The van der Waals surface area contributed by atoms with E-state index in [2.05, 4.69) is 10.0 Å². The average Bonchev–Trinajstić information content (AvgIpc) is 2.55. The van der Waals surface area contributed by atoms with Gasteiger partial charge in [-0.3, -0.25) is 9.52 Å². The van der Waals surface area contributed by atoms with Crippen molar-refractivity contribution in [1.29, 1.82) is 0 Å². The van der Waals surface area contributed by atoms with E-state index in [1.54, 1.807) is 25.1 Å². The quantitative estimate of drug-likeness (QED) is 0.822. The molecule has 1 unspecified atom stereocenters. The minimum atomic E-state index is -3.82. The molecule has 6 nitrogen and oxygen atoms in total. The Morgan fingerprint density at radius 3 is 2.68 bits per heavy atom. The summed E-state index contributed by atoms with van der Waals surface area (Å²) >= 11 is 7.41. The van der Waals surface area contributed by atoms with Crippen molar-refractivity contribution >= 4 is 50.7 Å². The van der Waals surface area contributed by atoms with Gasteiger partial charge in [0, 0.05) is 4.90 Å². The van der Waals surface area contributed by atoms with Gasteiger partial charge in [0.05, 0.1) is 33.7 Å². The smallest absolute Gasteiger partial charge is 0.261 e. The molecule has 3 rings (SSSR count). The highest BCUT2D eigenvalue weighted by Crippen LogP contribution is 2.37. The van der Waals surface area contributed by atoms with Crippen LogP contribution in [0.25, 0.3) is 0 Å². The number of sulfonamides is 1. The zero-order valence-electron chi connectivity index (χ0n) is 13.4. The van der Waals surface area contributed by atoms with Gasteiger partial charge < -0.3 is 10.1 Å². The highest BCUT2D eigenvalue weighted by Gasteiger charge is 2.25. The maximum Gasteiger partial charge on any atom is 0.261 e. The number of methoxy groups -OCH3 is 1. The predicted molar refractivity (Wildman–Crippen MR) is 99.2 cm³/mol. The second kappa shape index (κ2) is 6.78. The van der Waals surface area contributed by atoms with Crippen LogP contribution in [-0.4, -0.2) is 26.7 Å². The second-order valence-corrected chi connectivity index (χ2v) is 8.83. The van der Waals surface area contributed by atoms with Gasteiger partial charge in [0.15, 0.2) is 0 Å². The van der Waals surface area contributed by atoms with E-state index in [-0.39, 0.29) is 16.1 Å². The Balaban J connectivity index is 1.89. The van der Waals surface area contributed by atoms with Crippen molar-refractivity contribution in [3.05, 3.63) is 41.4 Å². The molecule has 132 valence electrons. The van der Waals surface area contributed by atoms with E-state index in [1.807, 2.05) is 0 Å². The molecule has 1 heterocycles. The monoisotopic (exact) mass is 398 g/mol. The lowest BCUT2D eigenvalue weighted by molar-refractivity contribution is -0.115. The minimum Gasteiger partial charge on any atom is -0.495 e. The molecule has 2 aromatic rings. The van der Waals surface area contributed by atoms with Crippen LogP contribution in [0.3, 0.4) is 0 Å². The van der Waals surface area contributed by atoms with Gasteiger partial charge in [-0.15, -0.1) is 11.8 Å². The largest absolute Gasteiger partial charge is 0.495 e. The number of halogens is 1. The number of hydrogen-bond donors (Lipinski definition) is 2. The second-order valence-electron chi connectivity index (χ2n) is 5.36. The van der Waals surface area contributed by atoms with E-state index in [4.69, 9.17) is 16.3 Å². The highest BCUT2D eigenvalue weighted by atomic mass is 35.5. The number of fused-ring (bicyclic) bond motifs is 1. The van der Waals surface area contributed by atoms with E-state index in [9.17, 15) is 13.2 Å². The molecule has 0 saturated heterocycles. The number of benzene rings is 2. The van der Waals surface area contributed by atoms with Crippen LogP contribution in [0.2, 0.25) is 5.02 Å². The summed E-state index contributed by atoms with van der Waals surface area (Å²) in [5, 5.41) is 2.80. The van der Waals surface area contributed by atoms with Crippen molar-refractivity contribution in [3.63, 3.8) is 0 Å². The summed E-state index contributed by atoms with van der Waals surface area (Å²) in [5.74, 6) is 0.300. The standard InChI is InChI=1S/C16H15ClN2O4S2/c1-9-16(20)18-13-8-11(4-6-15(13)24-9)25(21,22)19-10-3-5-14(23-2)12(17)7-10/h3-9,19H,1-2H3,(H,18,20). The van der Waals surface area contributed by atoms with Crippen molar-refractivity contribution in [2.45, 2.75) is 22.0 Å². The van der Waals surface area contributed by atoms with Crippen molar-refractivity contribution in [3.8, 4) is 5.75 Å². The normalized spacial score (nSPS) is 16.8. The first kappa shape index (κ1) is 17.9. The van der Waals surface area contributed by atoms with Crippen LogP contribution < -0.4 is 14.8 Å². The molecule has 9 heteroatoms. The van der Waals surface area contributed by atoms with Crippen LogP contribution in [0.1, 0.15) is 6.92 Å². The molecular formula is C16H15ClN2O4S2. The average molecular weight is 399 g/mol. The number of hydrogen-bond acceptors (Lipinski definition) is 5. The number of nitrogens with one attached hydrogen (secondary N) is 2. The SMILES string of the molecule is COc1ccc(NS(=O)(=O)c2ccc3c(c2)NC(=O)C(C)S3)cc1Cl. The van der Waals surface area contributed by atoms with Crippen molar-refractivity contribution in [2.24, 2.45) is 0 Å². The van der Waals surface area contributed by atoms with E-state index >= 15 is 0 Å². The summed E-state index contributed by atoms with van der Waals surface area (Å²) in [6, 6.07) is 9.23. The molecule has 0 bridgehead atoms. The third-order valence-corrected chi connectivity index (χ3v) is 6.45. The summed E-state index contributed by atoms with van der Waals surface area (Å²) < 4.78 is 32.7. The molecule has 1 aliphatic heterocycles. The van der Waals surface area contributed by atoms with E-state index in [0.29, 0.717) is 22.1 Å². The Labute approximate surface area is 155 Å². The molecule has 0 radical (unpaired) electrons. The molecule has 2 aromatic carbocycles. The first-order valence-corrected chi connectivity index (χ1v) is 10.0. The first-order valence-electron chi connectivity index (χ1n) is 7.28. The number of amides is 1. The number of ether oxygens (including phenoxy) is 1. The maximum absolute atomic E-state index is 12.6. The molecular weight excluding hydrogens is 384 g/mol. The Morgan fingerprint density at radius 2 is 2.00 bits per heavy atom. The highest BCUT2D eigenvalue weighted by molar-refractivity contribution is 8.01. The third-order valence-electron chi connectivity index (χ3n) is 3.60. The fraction of sp³-hybridized carbons (Fsp3) is 0.188. The topological polar surface area (TPSA) is 84.5 Å². The molecule has 0 spiro atoms. The lowest BCUT2D eigenvalue weighted by Crippen LogP contribution is -2.26. The van der Waals surface area contributed by atoms with E-state index < -0.39 is 10.0 Å². The van der Waals surface area contributed by atoms with Crippen molar-refractivity contribution < 1.29 is 17.9 Å². The van der Waals surface area contributed by atoms with Gasteiger partial charge in [-0.25, -0.2) is 8.42 Å². The zero-order chi connectivity index (χ0) is 18.2. The van der Waals surface area contributed by atoms with Gasteiger partial charge in [-0.05, 0) is 43.3 Å². The molecule has 1 amide bonds. The Morgan fingerprint density at radius 1 is 1.24 bits per heavy atom. The van der Waals surface area contributed by atoms with Crippen LogP contribution in [0.4, 0.5) is 11.4 Å². The summed E-state index contributed by atoms with van der Waals surface area (Å²) in [6.07, 6.45) is 0. The van der Waals surface area contributed by atoms with Gasteiger partial charge in [0.25, 0.3) is 10.0 Å². The number of anilines is 2. The summed E-state index contributed by atoms with van der Waals surface area (Å²) in [5.41, 5.74) is 0.805. The fourth-order valence-corrected chi connectivity index (χ4v) is 4.56. The molecule has 2 N–H and O–H groups in total. The number of carbonyl (C=O) groups excluding carboxylic acids is 1. The van der Waals surface area contributed by atoms with E-state index in [0.717, 1.165) is 4.90 Å². The van der Waals surface area contributed by atoms with Crippen LogP contribution in [-0.2, 0) is 14.8 Å². The Bertz CT molecular complexity index is 947. The Kier molecular flexibility index (Phi) is 4.86. The van der Waals surface area contributed by atoms with Crippen molar-refractivity contribution in [1.82, 2.24) is 0 Å². The number of carbonyl (C=O) groups is 1. The lowest BCUT2D eigenvalue weighted by atomic mass is 10.3. The predicted octanol–water partition coefficient (Wildman–Crippen LogP) is 3.58. The van der Waals surface area contributed by atoms with Gasteiger partial charge in [-0.1, -0.05) is 11.6 Å². The van der Waals surface area contributed by atoms with Crippen molar-refractivity contribution in [2.75, 3.05) is 17.1 Å². The van der Waals surface area contributed by atoms with Crippen LogP contribution in [0.15, 0.2) is 46.2 Å². The lowest BCUT2D eigenvalue weighted by Gasteiger charge is -2.22. The molecule has 0 saturated carbocycles. The molecule has 0 fully saturated rings. The van der Waals surface area contributed by atoms with Crippen LogP contribution in [0, 0.1) is 0 Å². The maximum atomic E-state index is 12.6. The Hall–Kier alpha value is -1.90. The molecule has 1 aliphatic rings. The fourth-order valence-electron chi connectivity index (χ4n) is 2.30. The summed E-state index contributed by atoms with van der Waals surface area (Å²) in [6.45, 7) is 1.79. The van der Waals surface area contributed by atoms with Gasteiger partial charge in [0.2, 0.25) is 5.91 Å². The molecule has 0 aliphatic carbocycles. The first-order chi connectivity index (χ1) is 11.8. The summed E-state index contributed by atoms with van der Waals surface area (Å²) in [7, 11) is -2.35. The third kappa shape index (κ3) is 3.70. The van der Waals surface area contributed by atoms with E-state index in [1.165, 1.54) is 37.1 Å². The zero-order valence-corrected chi connectivity index (χ0v) is 15.8. The van der Waals surface area contributed by atoms with Crippen LogP contribution in [0.5, 0.6) is 5.75 Å².